The maximum atomic E-state index is 11.6. The van der Waals surface area contributed by atoms with E-state index in [0.29, 0.717) is 6.42 Å². The van der Waals surface area contributed by atoms with E-state index < -0.39 is 16.8 Å². The molecule has 3 nitrogen and oxygen atoms in total. The molecule has 2 aliphatic rings. The minimum absolute atomic E-state index is 0.0718. The number of carbonyl (C=O) groups is 2. The third-order valence-electron chi connectivity index (χ3n) is 4.45. The molecule has 2 aliphatic carbocycles. The first-order chi connectivity index (χ1) is 5.93. The second kappa shape index (κ2) is 2.14. The number of carboxylic acids is 1. The van der Waals surface area contributed by atoms with Crippen LogP contribution in [0.3, 0.4) is 0 Å². The molecule has 13 heavy (non-hydrogen) atoms. The first-order valence-electron chi connectivity index (χ1n) is 4.69. The zero-order chi connectivity index (χ0) is 9.85. The summed E-state index contributed by atoms with van der Waals surface area (Å²) in [5, 5.41) is 9.18. The van der Waals surface area contributed by atoms with Crippen molar-refractivity contribution in [2.75, 3.05) is 0 Å². The first-order valence-corrected chi connectivity index (χ1v) is 4.69. The predicted molar refractivity (Wildman–Crippen MR) is 46.2 cm³/mol. The Morgan fingerprint density at radius 1 is 1.54 bits per heavy atom. The van der Waals surface area contributed by atoms with Crippen molar-refractivity contribution in [3.05, 3.63) is 0 Å². The van der Waals surface area contributed by atoms with Gasteiger partial charge in [0.2, 0.25) is 0 Å². The Labute approximate surface area is 77.1 Å². The number of rotatable bonds is 1. The Morgan fingerprint density at radius 3 is 2.38 bits per heavy atom. The van der Waals surface area contributed by atoms with Crippen LogP contribution in [0.15, 0.2) is 0 Å². The molecule has 0 radical (unpaired) electrons. The molecule has 3 heteroatoms. The molecule has 0 amide bonds. The average Bonchev–Trinajstić information content (AvgIpc) is 2.40. The van der Waals surface area contributed by atoms with Crippen LogP contribution < -0.4 is 0 Å². The maximum Gasteiger partial charge on any atom is 0.310 e. The minimum Gasteiger partial charge on any atom is -0.481 e. The van der Waals surface area contributed by atoms with Gasteiger partial charge in [0.25, 0.3) is 0 Å². The summed E-state index contributed by atoms with van der Waals surface area (Å²) in [4.78, 5) is 22.8. The number of Topliss-reactive ketones (excluding diaryl/α,β-unsaturated/α-hetero) is 1. The second-order valence-corrected chi connectivity index (χ2v) is 4.70. The molecule has 0 saturated heterocycles. The number of carboxylic acid groups (broad SMARTS) is 1. The van der Waals surface area contributed by atoms with Gasteiger partial charge in [0.15, 0.2) is 0 Å². The fraction of sp³-hybridized carbons (Fsp3) is 0.800. The topological polar surface area (TPSA) is 54.4 Å². The SMILES string of the molecule is C[C@]12CC[C@@H](CC1=O)[C@@]2(C)C(=O)O. The number of ketones is 1. The lowest BCUT2D eigenvalue weighted by Crippen LogP contribution is -2.41. The van der Waals surface area contributed by atoms with Crippen molar-refractivity contribution >= 4 is 11.8 Å². The van der Waals surface area contributed by atoms with E-state index in [2.05, 4.69) is 0 Å². The van der Waals surface area contributed by atoms with Gasteiger partial charge in [0.05, 0.1) is 5.41 Å². The number of carbonyl (C=O) groups excluding carboxylic acids is 1. The van der Waals surface area contributed by atoms with Crippen LogP contribution in [-0.2, 0) is 9.59 Å². The molecule has 0 unspecified atom stereocenters. The van der Waals surface area contributed by atoms with E-state index in [1.54, 1.807) is 6.92 Å². The van der Waals surface area contributed by atoms with Gasteiger partial charge >= 0.3 is 5.97 Å². The molecule has 2 rings (SSSR count). The summed E-state index contributed by atoms with van der Waals surface area (Å²) in [5.74, 6) is -0.584. The van der Waals surface area contributed by atoms with Gasteiger partial charge in [-0.2, -0.15) is 0 Å². The molecule has 0 aromatic rings. The quantitative estimate of drug-likeness (QED) is 0.668. The van der Waals surface area contributed by atoms with Crippen LogP contribution in [0.1, 0.15) is 33.1 Å². The lowest BCUT2D eigenvalue weighted by atomic mass is 9.69. The standard InChI is InChI=1S/C10H14O3/c1-9-4-3-6(5-7(9)11)10(9,2)8(12)13/h6H,3-5H2,1-2H3,(H,12,13)/t6-,9-,10-/m0/s1. The van der Waals surface area contributed by atoms with Crippen LogP contribution in [-0.4, -0.2) is 16.9 Å². The predicted octanol–water partition coefficient (Wildman–Crippen LogP) is 1.47. The molecular weight excluding hydrogens is 168 g/mol. The zero-order valence-electron chi connectivity index (χ0n) is 7.96. The Kier molecular flexibility index (Phi) is 1.44. The Hall–Kier alpha value is -0.860. The smallest absolute Gasteiger partial charge is 0.310 e. The highest BCUT2D eigenvalue weighted by Gasteiger charge is 2.67. The lowest BCUT2D eigenvalue weighted by Gasteiger charge is -2.31. The monoisotopic (exact) mass is 182 g/mol. The normalized spacial score (nSPS) is 48.5. The van der Waals surface area contributed by atoms with Crippen molar-refractivity contribution in [2.24, 2.45) is 16.7 Å². The summed E-state index contributed by atoms with van der Waals surface area (Å²) in [6.07, 6.45) is 2.11. The summed E-state index contributed by atoms with van der Waals surface area (Å²) in [7, 11) is 0. The summed E-state index contributed by atoms with van der Waals surface area (Å²) in [6, 6.07) is 0. The molecule has 72 valence electrons. The van der Waals surface area contributed by atoms with Crippen LogP contribution in [0.2, 0.25) is 0 Å². The van der Waals surface area contributed by atoms with Crippen LogP contribution in [0.4, 0.5) is 0 Å². The Balaban J connectivity index is 2.53. The summed E-state index contributed by atoms with van der Waals surface area (Å²) >= 11 is 0. The van der Waals surface area contributed by atoms with E-state index in [9.17, 15) is 14.7 Å². The largest absolute Gasteiger partial charge is 0.481 e. The number of aliphatic carboxylic acids is 1. The van der Waals surface area contributed by atoms with Crippen LogP contribution in [0.5, 0.6) is 0 Å². The van der Waals surface area contributed by atoms with Crippen molar-refractivity contribution in [1.82, 2.24) is 0 Å². The summed E-state index contributed by atoms with van der Waals surface area (Å²) in [5.41, 5.74) is -1.40. The first kappa shape index (κ1) is 8.73. The van der Waals surface area contributed by atoms with Crippen LogP contribution in [0, 0.1) is 16.7 Å². The molecule has 0 aromatic carbocycles. The average molecular weight is 182 g/mol. The van der Waals surface area contributed by atoms with Gasteiger partial charge in [-0.1, -0.05) is 6.92 Å². The van der Waals surface area contributed by atoms with Crippen molar-refractivity contribution in [3.8, 4) is 0 Å². The molecule has 0 aliphatic heterocycles. The van der Waals surface area contributed by atoms with Crippen molar-refractivity contribution in [3.63, 3.8) is 0 Å². The van der Waals surface area contributed by atoms with Gasteiger partial charge < -0.3 is 5.11 Å². The van der Waals surface area contributed by atoms with Gasteiger partial charge in [0.1, 0.15) is 5.78 Å². The van der Waals surface area contributed by atoms with Gasteiger partial charge in [0, 0.05) is 11.8 Å². The molecule has 1 N–H and O–H groups in total. The molecule has 0 heterocycles. The third kappa shape index (κ3) is 0.713. The van der Waals surface area contributed by atoms with E-state index >= 15 is 0 Å². The Morgan fingerprint density at radius 2 is 2.15 bits per heavy atom. The highest BCUT2D eigenvalue weighted by Crippen LogP contribution is 2.63. The molecule has 2 bridgehead atoms. The summed E-state index contributed by atoms with van der Waals surface area (Å²) in [6.45, 7) is 3.55. The van der Waals surface area contributed by atoms with Crippen molar-refractivity contribution in [2.45, 2.75) is 33.1 Å². The van der Waals surface area contributed by atoms with Gasteiger partial charge in [-0.15, -0.1) is 0 Å². The second-order valence-electron chi connectivity index (χ2n) is 4.70. The van der Waals surface area contributed by atoms with Gasteiger partial charge in [-0.3, -0.25) is 9.59 Å². The number of fused-ring (bicyclic) bond motifs is 2. The molecule has 2 fully saturated rings. The number of hydrogen-bond donors (Lipinski definition) is 1. The van der Waals surface area contributed by atoms with Gasteiger partial charge in [-0.05, 0) is 25.7 Å². The number of hydrogen-bond acceptors (Lipinski definition) is 2. The van der Waals surface area contributed by atoms with E-state index in [1.807, 2.05) is 6.92 Å². The highest BCUT2D eigenvalue weighted by atomic mass is 16.4. The van der Waals surface area contributed by atoms with E-state index in [0.717, 1.165) is 12.8 Å². The molecule has 2 saturated carbocycles. The van der Waals surface area contributed by atoms with Crippen molar-refractivity contribution < 1.29 is 14.7 Å². The summed E-state index contributed by atoms with van der Waals surface area (Å²) < 4.78 is 0. The molecule has 3 atom stereocenters. The van der Waals surface area contributed by atoms with E-state index in [1.165, 1.54) is 0 Å². The van der Waals surface area contributed by atoms with E-state index in [-0.39, 0.29) is 11.7 Å². The maximum absolute atomic E-state index is 11.6. The zero-order valence-corrected chi connectivity index (χ0v) is 7.96. The Bertz CT molecular complexity index is 297. The van der Waals surface area contributed by atoms with Crippen LogP contribution >= 0.6 is 0 Å². The van der Waals surface area contributed by atoms with Crippen molar-refractivity contribution in [1.29, 1.82) is 0 Å². The van der Waals surface area contributed by atoms with Crippen LogP contribution in [0.25, 0.3) is 0 Å². The fourth-order valence-electron chi connectivity index (χ4n) is 3.06. The highest BCUT2D eigenvalue weighted by molar-refractivity contribution is 5.96. The lowest BCUT2D eigenvalue weighted by molar-refractivity contribution is -0.156. The fourth-order valence-corrected chi connectivity index (χ4v) is 3.06. The third-order valence-corrected chi connectivity index (χ3v) is 4.45. The molecule has 0 spiro atoms. The minimum atomic E-state index is -0.802. The van der Waals surface area contributed by atoms with Gasteiger partial charge in [-0.25, -0.2) is 0 Å². The molecule has 0 aromatic heterocycles. The van der Waals surface area contributed by atoms with E-state index in [4.69, 9.17) is 0 Å². The molecular formula is C10H14O3.